The van der Waals surface area contributed by atoms with Gasteiger partial charge >= 0.3 is 0 Å². The Morgan fingerprint density at radius 1 is 1.33 bits per heavy atom. The molecule has 0 fully saturated rings. The molecule has 0 aliphatic heterocycles. The van der Waals surface area contributed by atoms with Crippen molar-refractivity contribution in [3.05, 3.63) is 16.8 Å². The molecule has 1 amide bonds. The van der Waals surface area contributed by atoms with Crippen LogP contribution in [0.5, 0.6) is 0 Å². The number of aryl methyl sites for hydroxylation is 1. The van der Waals surface area contributed by atoms with Gasteiger partial charge in [0.25, 0.3) is 0 Å². The molecule has 8 heteroatoms. The molecule has 0 bridgehead atoms. The molecule has 140 valence electrons. The van der Waals surface area contributed by atoms with Crippen molar-refractivity contribution in [2.75, 3.05) is 18.8 Å². The third-order valence-corrected chi connectivity index (χ3v) is 6.87. The minimum Gasteiger partial charge on any atom is -0.340 e. The molecule has 0 unspecified atom stereocenters. The summed E-state index contributed by atoms with van der Waals surface area (Å²) in [6.07, 6.45) is 5.43. The first-order chi connectivity index (χ1) is 13.1. The average molecular weight is 400 g/mol. The SMILES string of the molecule is C[C@H]1CCc2c(sc3ncnc(SCC(=O)N(CCC#N)CCC#N)c23)C1. The van der Waals surface area contributed by atoms with Gasteiger partial charge in [0.05, 0.1) is 30.7 Å². The zero-order chi connectivity index (χ0) is 19.2. The number of thioether (sulfide) groups is 1. The van der Waals surface area contributed by atoms with Crippen LogP contribution in [-0.4, -0.2) is 39.6 Å². The second-order valence-corrected chi connectivity index (χ2v) is 8.74. The fourth-order valence-electron chi connectivity index (χ4n) is 3.31. The molecular weight excluding hydrogens is 378 g/mol. The van der Waals surface area contributed by atoms with Crippen LogP contribution < -0.4 is 0 Å². The number of nitrogens with zero attached hydrogens (tertiary/aromatic N) is 5. The standard InChI is InChI=1S/C19H21N5OS2/c1-13-4-5-14-15(10-13)27-19-17(14)18(22-12-23-19)26-11-16(25)24(8-2-6-20)9-3-7-21/h12-13H,2-5,8-11H2,1H3/t13-/m0/s1. The quantitative estimate of drug-likeness (QED) is 0.522. The van der Waals surface area contributed by atoms with Crippen molar-refractivity contribution in [1.82, 2.24) is 14.9 Å². The van der Waals surface area contributed by atoms with E-state index in [1.54, 1.807) is 22.6 Å². The van der Waals surface area contributed by atoms with Crippen molar-refractivity contribution >= 4 is 39.2 Å². The molecule has 0 saturated carbocycles. The van der Waals surface area contributed by atoms with E-state index in [2.05, 4.69) is 29.0 Å². The van der Waals surface area contributed by atoms with Gasteiger partial charge < -0.3 is 4.90 Å². The molecule has 1 atom stereocenters. The van der Waals surface area contributed by atoms with Crippen LogP contribution in [0, 0.1) is 28.6 Å². The molecular formula is C19H21N5OS2. The highest BCUT2D eigenvalue weighted by Gasteiger charge is 2.23. The summed E-state index contributed by atoms with van der Waals surface area (Å²) in [5.41, 5.74) is 1.36. The number of amides is 1. The van der Waals surface area contributed by atoms with Gasteiger partial charge in [-0.1, -0.05) is 18.7 Å². The summed E-state index contributed by atoms with van der Waals surface area (Å²) < 4.78 is 0. The number of hydrogen-bond acceptors (Lipinski definition) is 7. The molecule has 2 heterocycles. The number of aromatic nitrogens is 2. The lowest BCUT2D eigenvalue weighted by molar-refractivity contribution is -0.128. The second kappa shape index (κ2) is 9.16. The van der Waals surface area contributed by atoms with Gasteiger partial charge in [0.2, 0.25) is 5.91 Å². The number of fused-ring (bicyclic) bond motifs is 3. The largest absolute Gasteiger partial charge is 0.340 e. The van der Waals surface area contributed by atoms with E-state index in [4.69, 9.17) is 10.5 Å². The van der Waals surface area contributed by atoms with E-state index < -0.39 is 0 Å². The Kier molecular flexibility index (Phi) is 6.65. The summed E-state index contributed by atoms with van der Waals surface area (Å²) in [5, 5.41) is 19.5. The van der Waals surface area contributed by atoms with Crippen LogP contribution in [0.3, 0.4) is 0 Å². The Morgan fingerprint density at radius 3 is 2.78 bits per heavy atom. The van der Waals surface area contributed by atoms with E-state index in [9.17, 15) is 4.79 Å². The van der Waals surface area contributed by atoms with Crippen molar-refractivity contribution in [2.24, 2.45) is 5.92 Å². The van der Waals surface area contributed by atoms with Gasteiger partial charge in [-0.3, -0.25) is 4.79 Å². The number of rotatable bonds is 7. The molecule has 3 rings (SSSR count). The van der Waals surface area contributed by atoms with E-state index in [1.807, 2.05) is 0 Å². The van der Waals surface area contributed by atoms with Gasteiger partial charge in [0.1, 0.15) is 16.2 Å². The van der Waals surface area contributed by atoms with Crippen LogP contribution in [0.2, 0.25) is 0 Å². The molecule has 0 radical (unpaired) electrons. The van der Waals surface area contributed by atoms with Gasteiger partial charge in [-0.25, -0.2) is 9.97 Å². The third kappa shape index (κ3) is 4.58. The molecule has 27 heavy (non-hydrogen) atoms. The van der Waals surface area contributed by atoms with E-state index in [-0.39, 0.29) is 24.5 Å². The zero-order valence-corrected chi connectivity index (χ0v) is 16.9. The minimum atomic E-state index is -0.0602. The smallest absolute Gasteiger partial charge is 0.233 e. The first kappa shape index (κ1) is 19.6. The lowest BCUT2D eigenvalue weighted by atomic mass is 9.89. The van der Waals surface area contributed by atoms with Crippen LogP contribution in [-0.2, 0) is 17.6 Å². The molecule has 0 spiro atoms. The molecule has 1 aliphatic rings. The highest BCUT2D eigenvalue weighted by Crippen LogP contribution is 2.40. The first-order valence-electron chi connectivity index (χ1n) is 9.03. The second-order valence-electron chi connectivity index (χ2n) is 6.70. The Hall–Kier alpha value is -2.16. The summed E-state index contributed by atoms with van der Waals surface area (Å²) in [7, 11) is 0. The monoisotopic (exact) mass is 399 g/mol. The summed E-state index contributed by atoms with van der Waals surface area (Å²) >= 11 is 3.18. The number of carbonyl (C=O) groups excluding carboxylic acids is 1. The predicted molar refractivity (Wildman–Crippen MR) is 106 cm³/mol. The van der Waals surface area contributed by atoms with Gasteiger partial charge in [0.15, 0.2) is 0 Å². The van der Waals surface area contributed by atoms with E-state index in [0.717, 1.165) is 28.1 Å². The maximum absolute atomic E-state index is 12.6. The summed E-state index contributed by atoms with van der Waals surface area (Å²) in [4.78, 5) is 25.5. The minimum absolute atomic E-state index is 0.0602. The van der Waals surface area contributed by atoms with Crippen molar-refractivity contribution in [3.8, 4) is 12.1 Å². The summed E-state index contributed by atoms with van der Waals surface area (Å²) in [6, 6.07) is 4.12. The van der Waals surface area contributed by atoms with Crippen molar-refractivity contribution in [2.45, 2.75) is 44.1 Å². The van der Waals surface area contributed by atoms with Crippen LogP contribution >= 0.6 is 23.1 Å². The topological polar surface area (TPSA) is 93.7 Å². The average Bonchev–Trinajstić information content (AvgIpc) is 3.04. The van der Waals surface area contributed by atoms with Gasteiger partial charge in [-0.05, 0) is 30.7 Å². The molecule has 1 aliphatic carbocycles. The molecule has 6 nitrogen and oxygen atoms in total. The Labute approximate surface area is 167 Å². The Balaban J connectivity index is 1.75. The highest BCUT2D eigenvalue weighted by atomic mass is 32.2. The maximum atomic E-state index is 12.6. The normalized spacial score (nSPS) is 15.7. The number of carbonyl (C=O) groups is 1. The van der Waals surface area contributed by atoms with Crippen LogP contribution in [0.4, 0.5) is 0 Å². The number of thiophene rings is 1. The third-order valence-electron chi connectivity index (χ3n) is 4.73. The molecule has 2 aromatic heterocycles. The highest BCUT2D eigenvalue weighted by molar-refractivity contribution is 8.00. The van der Waals surface area contributed by atoms with Crippen molar-refractivity contribution < 1.29 is 4.79 Å². The lowest BCUT2D eigenvalue weighted by Crippen LogP contribution is -2.34. The summed E-state index contributed by atoms with van der Waals surface area (Å²) in [6.45, 7) is 3.01. The lowest BCUT2D eigenvalue weighted by Gasteiger charge is -2.20. The maximum Gasteiger partial charge on any atom is 0.233 e. The Bertz CT molecular complexity index is 893. The van der Waals surface area contributed by atoms with Gasteiger partial charge in [0, 0.05) is 23.4 Å². The first-order valence-corrected chi connectivity index (χ1v) is 10.8. The van der Waals surface area contributed by atoms with E-state index >= 15 is 0 Å². The van der Waals surface area contributed by atoms with Gasteiger partial charge in [-0.2, -0.15) is 10.5 Å². The Morgan fingerprint density at radius 2 is 2.07 bits per heavy atom. The summed E-state index contributed by atoms with van der Waals surface area (Å²) in [5.74, 6) is 0.893. The molecule has 2 aromatic rings. The fourth-order valence-corrected chi connectivity index (χ4v) is 5.65. The van der Waals surface area contributed by atoms with Crippen LogP contribution in [0.1, 0.15) is 36.6 Å². The molecule has 0 aromatic carbocycles. The van der Waals surface area contributed by atoms with E-state index in [1.165, 1.54) is 28.6 Å². The fraction of sp³-hybridized carbons (Fsp3) is 0.526. The predicted octanol–water partition coefficient (Wildman–Crippen LogP) is 3.56. The van der Waals surface area contributed by atoms with Crippen LogP contribution in [0.15, 0.2) is 11.4 Å². The molecule has 0 saturated heterocycles. The number of nitriles is 2. The zero-order valence-electron chi connectivity index (χ0n) is 15.3. The molecule has 0 N–H and O–H groups in total. The van der Waals surface area contributed by atoms with Crippen molar-refractivity contribution in [3.63, 3.8) is 0 Å². The number of hydrogen-bond donors (Lipinski definition) is 0. The van der Waals surface area contributed by atoms with E-state index in [0.29, 0.717) is 19.0 Å². The van der Waals surface area contributed by atoms with Crippen LogP contribution in [0.25, 0.3) is 10.2 Å². The van der Waals surface area contributed by atoms with Crippen molar-refractivity contribution in [1.29, 1.82) is 10.5 Å². The van der Waals surface area contributed by atoms with Gasteiger partial charge in [-0.15, -0.1) is 11.3 Å².